The predicted molar refractivity (Wildman–Crippen MR) is 56.2 cm³/mol. The van der Waals surface area contributed by atoms with Crippen LogP contribution in [0.15, 0.2) is 4.99 Å². The van der Waals surface area contributed by atoms with E-state index in [0.29, 0.717) is 4.05 Å². The van der Waals surface area contributed by atoms with E-state index in [4.69, 9.17) is 0 Å². The van der Waals surface area contributed by atoms with Crippen LogP contribution in [0.2, 0.25) is 0 Å². The van der Waals surface area contributed by atoms with E-state index < -0.39 is 0 Å². The zero-order valence-electron chi connectivity index (χ0n) is 6.97. The summed E-state index contributed by atoms with van der Waals surface area (Å²) in [7, 11) is 1.83. The number of rotatable bonds is 1. The van der Waals surface area contributed by atoms with Gasteiger partial charge in [-0.2, -0.15) is 0 Å². The first-order valence-electron chi connectivity index (χ1n) is 3.90. The molecule has 1 saturated heterocycles. The fourth-order valence-electron chi connectivity index (χ4n) is 1.19. The Bertz CT molecular complexity index is 158. The Kier molecular flexibility index (Phi) is 3.42. The quantitative estimate of drug-likeness (QED) is 0.437. The highest BCUT2D eigenvalue weighted by Crippen LogP contribution is 2.10. The standard InChI is InChI=1S/C7H14IN3/c1-3-11-5-4-6(8)10-7(11)9-2/h6H,3-5H2,1-2H3,(H,9,10). The highest BCUT2D eigenvalue weighted by atomic mass is 127. The molecule has 1 heterocycles. The Morgan fingerprint density at radius 1 is 1.82 bits per heavy atom. The Labute approximate surface area is 81.4 Å². The number of aliphatic imine (C=N–C) groups is 1. The molecule has 0 amide bonds. The van der Waals surface area contributed by atoms with Gasteiger partial charge in [0.2, 0.25) is 0 Å². The van der Waals surface area contributed by atoms with E-state index in [0.717, 1.165) is 19.0 Å². The molecular weight excluding hydrogens is 253 g/mol. The third-order valence-corrected chi connectivity index (χ3v) is 2.77. The van der Waals surface area contributed by atoms with E-state index in [1.165, 1.54) is 6.42 Å². The Hall–Kier alpha value is 0. The molecule has 0 bridgehead atoms. The number of hydrogen-bond acceptors (Lipinski definition) is 1. The molecule has 0 aliphatic carbocycles. The molecule has 64 valence electrons. The van der Waals surface area contributed by atoms with Crippen LogP contribution in [0.4, 0.5) is 0 Å². The summed E-state index contributed by atoms with van der Waals surface area (Å²) in [6, 6.07) is 0. The molecule has 1 aliphatic rings. The number of alkyl halides is 1. The first kappa shape index (κ1) is 9.09. The maximum atomic E-state index is 4.18. The molecule has 1 rings (SSSR count). The van der Waals surface area contributed by atoms with Crippen molar-refractivity contribution in [2.45, 2.75) is 17.4 Å². The number of guanidine groups is 1. The Balaban J connectivity index is 2.56. The van der Waals surface area contributed by atoms with Crippen LogP contribution in [0, 0.1) is 0 Å². The molecule has 1 atom stereocenters. The van der Waals surface area contributed by atoms with Crippen LogP contribution in [0.1, 0.15) is 13.3 Å². The highest BCUT2D eigenvalue weighted by molar-refractivity contribution is 14.1. The fraction of sp³-hybridized carbons (Fsp3) is 0.857. The Morgan fingerprint density at radius 2 is 2.55 bits per heavy atom. The van der Waals surface area contributed by atoms with Gasteiger partial charge in [0.1, 0.15) is 0 Å². The van der Waals surface area contributed by atoms with Crippen LogP contribution in [0.5, 0.6) is 0 Å². The average molecular weight is 267 g/mol. The second-order valence-corrected chi connectivity index (χ2v) is 4.03. The molecule has 1 fully saturated rings. The van der Waals surface area contributed by atoms with Gasteiger partial charge in [-0.3, -0.25) is 4.99 Å². The highest BCUT2D eigenvalue weighted by Gasteiger charge is 2.18. The minimum absolute atomic E-state index is 0.550. The third kappa shape index (κ3) is 2.21. The van der Waals surface area contributed by atoms with Gasteiger partial charge in [-0.25, -0.2) is 0 Å². The zero-order chi connectivity index (χ0) is 8.27. The summed E-state index contributed by atoms with van der Waals surface area (Å²) in [5.74, 6) is 1.04. The van der Waals surface area contributed by atoms with Gasteiger partial charge in [-0.1, -0.05) is 22.6 Å². The minimum atomic E-state index is 0.550. The largest absolute Gasteiger partial charge is 0.345 e. The van der Waals surface area contributed by atoms with Gasteiger partial charge < -0.3 is 10.2 Å². The summed E-state index contributed by atoms with van der Waals surface area (Å²) >= 11 is 2.40. The van der Waals surface area contributed by atoms with Gasteiger partial charge in [0.05, 0.1) is 4.05 Å². The van der Waals surface area contributed by atoms with Crippen molar-refractivity contribution >= 4 is 28.6 Å². The molecule has 0 aromatic rings. The van der Waals surface area contributed by atoms with Crippen LogP contribution in [0.25, 0.3) is 0 Å². The number of nitrogens with one attached hydrogen (secondary N) is 1. The van der Waals surface area contributed by atoms with Crippen LogP contribution in [-0.4, -0.2) is 35.0 Å². The predicted octanol–water partition coefficient (Wildman–Crippen LogP) is 1.05. The van der Waals surface area contributed by atoms with Crippen molar-refractivity contribution in [1.29, 1.82) is 0 Å². The summed E-state index contributed by atoms with van der Waals surface area (Å²) in [5, 5.41) is 3.33. The van der Waals surface area contributed by atoms with Crippen molar-refractivity contribution in [3.05, 3.63) is 0 Å². The van der Waals surface area contributed by atoms with Gasteiger partial charge >= 0.3 is 0 Å². The van der Waals surface area contributed by atoms with Gasteiger partial charge in [-0.05, 0) is 13.3 Å². The molecule has 1 N–H and O–H groups in total. The molecule has 11 heavy (non-hydrogen) atoms. The monoisotopic (exact) mass is 267 g/mol. The normalized spacial score (nSPS) is 28.8. The molecule has 4 heteroatoms. The van der Waals surface area contributed by atoms with Gasteiger partial charge in [0, 0.05) is 20.1 Å². The molecule has 0 saturated carbocycles. The van der Waals surface area contributed by atoms with Crippen LogP contribution in [0.3, 0.4) is 0 Å². The lowest BCUT2D eigenvalue weighted by Crippen LogP contribution is -2.50. The van der Waals surface area contributed by atoms with Crippen molar-refractivity contribution in [2.75, 3.05) is 20.1 Å². The maximum absolute atomic E-state index is 4.18. The van der Waals surface area contributed by atoms with Crippen LogP contribution >= 0.6 is 22.6 Å². The van der Waals surface area contributed by atoms with E-state index in [1.54, 1.807) is 0 Å². The van der Waals surface area contributed by atoms with Crippen molar-refractivity contribution in [2.24, 2.45) is 4.99 Å². The first-order valence-corrected chi connectivity index (χ1v) is 5.14. The van der Waals surface area contributed by atoms with Crippen LogP contribution < -0.4 is 5.32 Å². The summed E-state index contributed by atoms with van der Waals surface area (Å²) in [6.07, 6.45) is 1.20. The molecule has 0 radical (unpaired) electrons. The molecule has 3 nitrogen and oxygen atoms in total. The van der Waals surface area contributed by atoms with Crippen molar-refractivity contribution in [3.63, 3.8) is 0 Å². The summed E-state index contributed by atoms with van der Waals surface area (Å²) in [5.41, 5.74) is 0. The zero-order valence-corrected chi connectivity index (χ0v) is 9.13. The number of nitrogens with zero attached hydrogens (tertiary/aromatic N) is 2. The molecule has 1 unspecified atom stereocenters. The van der Waals surface area contributed by atoms with Crippen molar-refractivity contribution < 1.29 is 0 Å². The van der Waals surface area contributed by atoms with E-state index in [-0.39, 0.29) is 0 Å². The molecule has 0 spiro atoms. The van der Waals surface area contributed by atoms with Gasteiger partial charge in [-0.15, -0.1) is 0 Å². The minimum Gasteiger partial charge on any atom is -0.345 e. The molecule has 0 aromatic carbocycles. The van der Waals surface area contributed by atoms with Crippen LogP contribution in [-0.2, 0) is 0 Å². The third-order valence-electron chi connectivity index (χ3n) is 1.83. The SMILES string of the molecule is CCN1CCC(I)N/C1=N\C. The lowest BCUT2D eigenvalue weighted by molar-refractivity contribution is 0.378. The van der Waals surface area contributed by atoms with E-state index in [1.807, 2.05) is 7.05 Å². The lowest BCUT2D eigenvalue weighted by atomic mass is 10.3. The second kappa shape index (κ2) is 4.13. The molecule has 0 aromatic heterocycles. The number of halogens is 1. The fourth-order valence-corrected chi connectivity index (χ4v) is 1.75. The first-order chi connectivity index (χ1) is 5.27. The number of hydrogen-bond donors (Lipinski definition) is 1. The van der Waals surface area contributed by atoms with E-state index in [2.05, 4.69) is 44.7 Å². The van der Waals surface area contributed by atoms with Gasteiger partial charge in [0.15, 0.2) is 5.96 Å². The summed E-state index contributed by atoms with van der Waals surface area (Å²) in [4.78, 5) is 6.44. The van der Waals surface area contributed by atoms with Gasteiger partial charge in [0.25, 0.3) is 0 Å². The van der Waals surface area contributed by atoms with E-state index >= 15 is 0 Å². The smallest absolute Gasteiger partial charge is 0.194 e. The average Bonchev–Trinajstić information content (AvgIpc) is 2.04. The Morgan fingerprint density at radius 3 is 3.09 bits per heavy atom. The molecular formula is C7H14IN3. The van der Waals surface area contributed by atoms with Crippen molar-refractivity contribution in [1.82, 2.24) is 10.2 Å². The second-order valence-electron chi connectivity index (χ2n) is 2.53. The van der Waals surface area contributed by atoms with Crippen molar-refractivity contribution in [3.8, 4) is 0 Å². The maximum Gasteiger partial charge on any atom is 0.194 e. The summed E-state index contributed by atoms with van der Waals surface area (Å²) in [6.45, 7) is 4.33. The summed E-state index contributed by atoms with van der Waals surface area (Å²) < 4.78 is 0.550. The van der Waals surface area contributed by atoms with E-state index in [9.17, 15) is 0 Å². The molecule has 1 aliphatic heterocycles. The topological polar surface area (TPSA) is 27.6 Å². The lowest BCUT2D eigenvalue weighted by Gasteiger charge is -2.32.